The van der Waals surface area contributed by atoms with Crippen LogP contribution in [0.5, 0.6) is 5.75 Å². The van der Waals surface area contributed by atoms with E-state index < -0.39 is 0 Å². The van der Waals surface area contributed by atoms with Crippen LogP contribution >= 0.6 is 15.9 Å². The second-order valence-electron chi connectivity index (χ2n) is 5.84. The Hall–Kier alpha value is -1.84. The van der Waals surface area contributed by atoms with Crippen LogP contribution in [0.1, 0.15) is 36.5 Å². The Balaban J connectivity index is 1.64. The lowest BCUT2D eigenvalue weighted by molar-refractivity contribution is 0.364. The van der Waals surface area contributed by atoms with E-state index in [-0.39, 0.29) is 6.61 Å². The maximum atomic E-state index is 5.61. The molecule has 24 heavy (non-hydrogen) atoms. The van der Waals surface area contributed by atoms with Crippen LogP contribution in [-0.2, 0) is 26.1 Å². The average molecular weight is 389 g/mol. The molecule has 2 aromatic rings. The Labute approximate surface area is 150 Å². The summed E-state index contributed by atoms with van der Waals surface area (Å²) in [6.07, 6.45) is 9.99. The van der Waals surface area contributed by atoms with E-state index in [2.05, 4.69) is 41.9 Å². The van der Waals surface area contributed by atoms with Gasteiger partial charge in [0, 0.05) is 29.5 Å². The third-order valence-corrected chi connectivity index (χ3v) is 4.61. The first-order valence-corrected chi connectivity index (χ1v) is 9.03. The van der Waals surface area contributed by atoms with Crippen LogP contribution in [0.25, 0.3) is 0 Å². The summed E-state index contributed by atoms with van der Waals surface area (Å²) in [5, 5.41) is 12.1. The average Bonchev–Trinajstić information content (AvgIpc) is 2.81. The molecule has 0 spiro atoms. The molecule has 6 heteroatoms. The van der Waals surface area contributed by atoms with Gasteiger partial charge in [0.25, 0.3) is 0 Å². The number of halogens is 1. The SMILES string of the molecule is C#CCOc1ccc(Br)cc1CNCc1nnc2n1CCCCC2. The summed E-state index contributed by atoms with van der Waals surface area (Å²) in [7, 11) is 0. The van der Waals surface area contributed by atoms with Crippen molar-refractivity contribution in [3.05, 3.63) is 39.9 Å². The second-order valence-corrected chi connectivity index (χ2v) is 6.76. The van der Waals surface area contributed by atoms with Gasteiger partial charge in [0.15, 0.2) is 0 Å². The molecule has 0 bridgehead atoms. The number of aromatic nitrogens is 3. The number of nitrogens with zero attached hydrogens (tertiary/aromatic N) is 3. The molecule has 0 fully saturated rings. The fraction of sp³-hybridized carbons (Fsp3) is 0.444. The van der Waals surface area contributed by atoms with Gasteiger partial charge < -0.3 is 14.6 Å². The van der Waals surface area contributed by atoms with E-state index >= 15 is 0 Å². The molecular weight excluding hydrogens is 368 g/mol. The highest BCUT2D eigenvalue weighted by molar-refractivity contribution is 9.10. The van der Waals surface area contributed by atoms with Gasteiger partial charge in [-0.1, -0.05) is 28.3 Å². The molecule has 0 atom stereocenters. The number of fused-ring (bicyclic) bond motifs is 1. The van der Waals surface area contributed by atoms with E-state index in [0.717, 1.165) is 40.4 Å². The molecule has 1 aromatic heterocycles. The fourth-order valence-electron chi connectivity index (χ4n) is 2.93. The van der Waals surface area contributed by atoms with Crippen LogP contribution in [0.3, 0.4) is 0 Å². The van der Waals surface area contributed by atoms with Gasteiger partial charge in [0.05, 0.1) is 6.54 Å². The summed E-state index contributed by atoms with van der Waals surface area (Å²) in [5.41, 5.74) is 1.07. The van der Waals surface area contributed by atoms with E-state index in [1.165, 1.54) is 19.3 Å². The summed E-state index contributed by atoms with van der Waals surface area (Å²) in [6, 6.07) is 5.93. The Morgan fingerprint density at radius 3 is 3.04 bits per heavy atom. The van der Waals surface area contributed by atoms with E-state index in [1.807, 2.05) is 18.2 Å². The predicted octanol–water partition coefficient (Wildman–Crippen LogP) is 3.07. The maximum absolute atomic E-state index is 5.61. The van der Waals surface area contributed by atoms with Crippen LogP contribution in [0, 0.1) is 12.3 Å². The van der Waals surface area contributed by atoms with Crippen molar-refractivity contribution in [2.45, 2.75) is 45.3 Å². The van der Waals surface area contributed by atoms with Gasteiger partial charge in [-0.2, -0.15) is 0 Å². The molecule has 1 aliphatic rings. The molecule has 0 radical (unpaired) electrons. The molecule has 1 N–H and O–H groups in total. The lowest BCUT2D eigenvalue weighted by Gasteiger charge is -2.12. The van der Waals surface area contributed by atoms with Crippen LogP contribution in [0.15, 0.2) is 22.7 Å². The molecule has 1 aromatic carbocycles. The highest BCUT2D eigenvalue weighted by Crippen LogP contribution is 2.23. The minimum absolute atomic E-state index is 0.270. The third kappa shape index (κ3) is 4.16. The zero-order valence-electron chi connectivity index (χ0n) is 13.6. The van der Waals surface area contributed by atoms with Crippen molar-refractivity contribution < 1.29 is 4.74 Å². The molecule has 1 aliphatic heterocycles. The summed E-state index contributed by atoms with van der Waals surface area (Å²) in [6.45, 7) is 2.66. The van der Waals surface area contributed by atoms with Gasteiger partial charge >= 0.3 is 0 Å². The van der Waals surface area contributed by atoms with Crippen molar-refractivity contribution in [2.24, 2.45) is 0 Å². The van der Waals surface area contributed by atoms with Crippen LogP contribution in [-0.4, -0.2) is 21.4 Å². The largest absolute Gasteiger partial charge is 0.481 e. The second kappa shape index (κ2) is 8.32. The minimum atomic E-state index is 0.270. The van der Waals surface area contributed by atoms with Gasteiger partial charge in [0.1, 0.15) is 24.0 Å². The monoisotopic (exact) mass is 388 g/mol. The third-order valence-electron chi connectivity index (χ3n) is 4.12. The van der Waals surface area contributed by atoms with Gasteiger partial charge in [-0.15, -0.1) is 16.6 Å². The topological polar surface area (TPSA) is 52.0 Å². The van der Waals surface area contributed by atoms with Gasteiger partial charge in [-0.25, -0.2) is 0 Å². The molecule has 2 heterocycles. The minimum Gasteiger partial charge on any atom is -0.481 e. The van der Waals surface area contributed by atoms with E-state index in [0.29, 0.717) is 13.1 Å². The first-order valence-electron chi connectivity index (χ1n) is 8.24. The number of nitrogens with one attached hydrogen (secondary N) is 1. The van der Waals surface area contributed by atoms with Crippen molar-refractivity contribution >= 4 is 15.9 Å². The van der Waals surface area contributed by atoms with E-state index in [9.17, 15) is 0 Å². The van der Waals surface area contributed by atoms with Crippen LogP contribution < -0.4 is 10.1 Å². The van der Waals surface area contributed by atoms with Gasteiger partial charge in [-0.3, -0.25) is 0 Å². The number of aryl methyl sites for hydroxylation is 1. The number of rotatable bonds is 6. The van der Waals surface area contributed by atoms with Crippen LogP contribution in [0.2, 0.25) is 0 Å². The molecule has 3 rings (SSSR count). The molecule has 0 aliphatic carbocycles. The van der Waals surface area contributed by atoms with Crippen LogP contribution in [0.4, 0.5) is 0 Å². The Morgan fingerprint density at radius 1 is 1.25 bits per heavy atom. The van der Waals surface area contributed by atoms with E-state index in [1.54, 1.807) is 0 Å². The maximum Gasteiger partial charge on any atom is 0.148 e. The lowest BCUT2D eigenvalue weighted by atomic mass is 10.2. The normalized spacial score (nSPS) is 13.8. The molecule has 0 saturated heterocycles. The van der Waals surface area contributed by atoms with Crippen molar-refractivity contribution in [3.8, 4) is 18.1 Å². The first kappa shape index (κ1) is 17.0. The van der Waals surface area contributed by atoms with Crippen molar-refractivity contribution in [1.29, 1.82) is 0 Å². The molecule has 126 valence electrons. The molecular formula is C18H21BrN4O. The smallest absolute Gasteiger partial charge is 0.148 e. The van der Waals surface area contributed by atoms with Crippen molar-refractivity contribution in [3.63, 3.8) is 0 Å². The quantitative estimate of drug-likeness (QED) is 0.772. The first-order chi connectivity index (χ1) is 11.8. The molecule has 0 saturated carbocycles. The predicted molar refractivity (Wildman–Crippen MR) is 96.6 cm³/mol. The summed E-state index contributed by atoms with van der Waals surface area (Å²) >= 11 is 3.50. The standard InChI is InChI=1S/C18H21BrN4O/c1-2-10-24-16-8-7-15(19)11-14(16)12-20-13-18-22-21-17-6-4-3-5-9-23(17)18/h1,7-8,11,20H,3-6,9-10,12-13H2. The number of benzene rings is 1. The summed E-state index contributed by atoms with van der Waals surface area (Å²) in [4.78, 5) is 0. The number of terminal acetylenes is 1. The Kier molecular flexibility index (Phi) is 5.89. The zero-order valence-corrected chi connectivity index (χ0v) is 15.2. The summed E-state index contributed by atoms with van der Waals surface area (Å²) < 4.78 is 8.88. The van der Waals surface area contributed by atoms with E-state index in [4.69, 9.17) is 11.2 Å². The Bertz CT molecular complexity index is 735. The number of hydrogen-bond donors (Lipinski definition) is 1. The molecule has 0 amide bonds. The van der Waals surface area contributed by atoms with Gasteiger partial charge in [-0.05, 0) is 31.0 Å². The highest BCUT2D eigenvalue weighted by atomic mass is 79.9. The van der Waals surface area contributed by atoms with Crippen molar-refractivity contribution in [1.82, 2.24) is 20.1 Å². The number of hydrogen-bond acceptors (Lipinski definition) is 4. The summed E-state index contributed by atoms with van der Waals surface area (Å²) in [5.74, 6) is 5.43. The molecule has 5 nitrogen and oxygen atoms in total. The molecule has 0 unspecified atom stereocenters. The Morgan fingerprint density at radius 2 is 2.17 bits per heavy atom. The van der Waals surface area contributed by atoms with Gasteiger partial charge in [0.2, 0.25) is 0 Å². The lowest BCUT2D eigenvalue weighted by Crippen LogP contribution is -2.18. The number of ether oxygens (including phenoxy) is 1. The zero-order chi connectivity index (χ0) is 16.8. The van der Waals surface area contributed by atoms with Crippen molar-refractivity contribution in [2.75, 3.05) is 6.61 Å². The highest BCUT2D eigenvalue weighted by Gasteiger charge is 2.14. The fourth-order valence-corrected chi connectivity index (χ4v) is 3.34.